The molecule has 108 valence electrons. The van der Waals surface area contributed by atoms with Gasteiger partial charge in [0.15, 0.2) is 0 Å². The lowest BCUT2D eigenvalue weighted by Crippen LogP contribution is -2.50. The zero-order valence-electron chi connectivity index (χ0n) is 11.4. The van der Waals surface area contributed by atoms with Crippen molar-refractivity contribution in [1.82, 2.24) is 9.80 Å². The van der Waals surface area contributed by atoms with Gasteiger partial charge in [0, 0.05) is 32.7 Å². The molecule has 1 N–H and O–H groups in total. The van der Waals surface area contributed by atoms with Gasteiger partial charge in [0.2, 0.25) is 0 Å². The van der Waals surface area contributed by atoms with Crippen molar-refractivity contribution in [3.8, 4) is 12.3 Å². The molecule has 1 rings (SSSR count). The highest BCUT2D eigenvalue weighted by Gasteiger charge is 2.23. The summed E-state index contributed by atoms with van der Waals surface area (Å²) < 4.78 is 10.0. The summed E-state index contributed by atoms with van der Waals surface area (Å²) in [5.41, 5.74) is 0. The second kappa shape index (κ2) is 8.75. The van der Waals surface area contributed by atoms with Crippen LogP contribution >= 0.6 is 0 Å². The third kappa shape index (κ3) is 5.92. The van der Waals surface area contributed by atoms with E-state index in [1.807, 2.05) is 0 Å². The molecule has 1 fully saturated rings. The topological polar surface area (TPSA) is 62.2 Å². The highest BCUT2D eigenvalue weighted by atomic mass is 16.6. The molecule has 6 heteroatoms. The van der Waals surface area contributed by atoms with Crippen molar-refractivity contribution in [2.75, 3.05) is 52.5 Å². The van der Waals surface area contributed by atoms with Crippen LogP contribution in [-0.4, -0.2) is 79.6 Å². The third-order valence-electron chi connectivity index (χ3n) is 2.86. The molecule has 1 heterocycles. The second-order valence-electron chi connectivity index (χ2n) is 4.36. The molecule has 1 saturated heterocycles. The van der Waals surface area contributed by atoms with Gasteiger partial charge in [-0.1, -0.05) is 5.92 Å². The Kier molecular flexibility index (Phi) is 7.26. The second-order valence-corrected chi connectivity index (χ2v) is 4.36. The normalized spacial score (nSPS) is 17.8. The van der Waals surface area contributed by atoms with Crippen molar-refractivity contribution in [1.29, 1.82) is 0 Å². The number of β-amino-alcohol motifs (C(OH)–C–C–N with tert-alkyl or cyclic N) is 1. The highest BCUT2D eigenvalue weighted by Crippen LogP contribution is 2.04. The molecule has 1 aliphatic heterocycles. The summed E-state index contributed by atoms with van der Waals surface area (Å²) in [6, 6.07) is 0. The number of ether oxygens (including phenoxy) is 2. The monoisotopic (exact) mass is 270 g/mol. The standard InChI is InChI=1S/C13H22N2O4/c1-3-9-18-11-12(16)10-14-5-7-15(8-6-14)13(17)19-4-2/h1,12,16H,4-11H2,2H3. The Balaban J connectivity index is 2.19. The Labute approximate surface area is 114 Å². The number of aliphatic hydroxyl groups is 1. The summed E-state index contributed by atoms with van der Waals surface area (Å²) in [5.74, 6) is 2.35. The smallest absolute Gasteiger partial charge is 0.409 e. The molecule has 0 saturated carbocycles. The minimum absolute atomic E-state index is 0.216. The van der Waals surface area contributed by atoms with E-state index in [2.05, 4.69) is 10.8 Å². The summed E-state index contributed by atoms with van der Waals surface area (Å²) in [6.07, 6.45) is 4.23. The molecule has 1 amide bonds. The number of carbonyl (C=O) groups is 1. The number of amides is 1. The van der Waals surface area contributed by atoms with Crippen LogP contribution in [0.15, 0.2) is 0 Å². The van der Waals surface area contributed by atoms with Gasteiger partial charge >= 0.3 is 6.09 Å². The summed E-state index contributed by atoms with van der Waals surface area (Å²) in [6.45, 7) is 5.87. The molecule has 19 heavy (non-hydrogen) atoms. The van der Waals surface area contributed by atoms with Gasteiger partial charge in [-0.25, -0.2) is 4.79 Å². The van der Waals surface area contributed by atoms with Gasteiger partial charge < -0.3 is 19.5 Å². The molecule has 0 aromatic rings. The van der Waals surface area contributed by atoms with E-state index in [0.717, 1.165) is 13.1 Å². The Morgan fingerprint density at radius 1 is 1.42 bits per heavy atom. The number of aliphatic hydroxyl groups excluding tert-OH is 1. The zero-order valence-corrected chi connectivity index (χ0v) is 11.4. The van der Waals surface area contributed by atoms with Crippen LogP contribution in [0.5, 0.6) is 0 Å². The van der Waals surface area contributed by atoms with Crippen molar-refractivity contribution in [3.05, 3.63) is 0 Å². The van der Waals surface area contributed by atoms with E-state index in [1.54, 1.807) is 11.8 Å². The van der Waals surface area contributed by atoms with Crippen LogP contribution < -0.4 is 0 Å². The molecule has 0 aromatic heterocycles. The highest BCUT2D eigenvalue weighted by molar-refractivity contribution is 5.67. The average Bonchev–Trinajstić information content (AvgIpc) is 2.40. The molecule has 0 aromatic carbocycles. The molecule has 6 nitrogen and oxygen atoms in total. The number of hydrogen-bond acceptors (Lipinski definition) is 5. The van der Waals surface area contributed by atoms with Crippen molar-refractivity contribution in [3.63, 3.8) is 0 Å². The maximum absolute atomic E-state index is 11.5. The Morgan fingerprint density at radius 3 is 2.68 bits per heavy atom. The van der Waals surface area contributed by atoms with Crippen LogP contribution in [0.3, 0.4) is 0 Å². The number of carbonyl (C=O) groups excluding carboxylic acids is 1. The van der Waals surface area contributed by atoms with Gasteiger partial charge in [0.25, 0.3) is 0 Å². The first kappa shape index (κ1) is 15.8. The predicted octanol–water partition coefficient (Wildman–Crippen LogP) is -0.229. The number of rotatable bonds is 6. The van der Waals surface area contributed by atoms with Gasteiger partial charge in [-0.15, -0.1) is 6.42 Å². The van der Waals surface area contributed by atoms with Gasteiger partial charge in [-0.2, -0.15) is 0 Å². The maximum atomic E-state index is 11.5. The zero-order chi connectivity index (χ0) is 14.1. The fraction of sp³-hybridized carbons (Fsp3) is 0.769. The summed E-state index contributed by atoms with van der Waals surface area (Å²) in [7, 11) is 0. The fourth-order valence-corrected chi connectivity index (χ4v) is 1.93. The molecule has 0 bridgehead atoms. The molecule has 1 atom stereocenters. The summed E-state index contributed by atoms with van der Waals surface area (Å²) in [4.78, 5) is 15.3. The van der Waals surface area contributed by atoms with Crippen LogP contribution in [0.25, 0.3) is 0 Å². The molecule has 0 aliphatic carbocycles. The fourth-order valence-electron chi connectivity index (χ4n) is 1.93. The average molecular weight is 270 g/mol. The summed E-state index contributed by atoms with van der Waals surface area (Å²) >= 11 is 0. The Morgan fingerprint density at radius 2 is 2.11 bits per heavy atom. The van der Waals surface area contributed by atoms with E-state index in [9.17, 15) is 9.90 Å². The van der Waals surface area contributed by atoms with E-state index >= 15 is 0 Å². The molecular formula is C13H22N2O4. The lowest BCUT2D eigenvalue weighted by atomic mass is 10.3. The van der Waals surface area contributed by atoms with E-state index < -0.39 is 6.10 Å². The quantitative estimate of drug-likeness (QED) is 0.534. The van der Waals surface area contributed by atoms with Gasteiger partial charge in [0.05, 0.1) is 19.3 Å². The van der Waals surface area contributed by atoms with Gasteiger partial charge in [0.1, 0.15) is 6.61 Å². The van der Waals surface area contributed by atoms with Crippen LogP contribution in [0, 0.1) is 12.3 Å². The van der Waals surface area contributed by atoms with Crippen molar-refractivity contribution < 1.29 is 19.4 Å². The number of hydrogen-bond donors (Lipinski definition) is 1. The first-order valence-corrected chi connectivity index (χ1v) is 6.50. The van der Waals surface area contributed by atoms with Crippen molar-refractivity contribution >= 4 is 6.09 Å². The van der Waals surface area contributed by atoms with Gasteiger partial charge in [-0.05, 0) is 6.92 Å². The lowest BCUT2D eigenvalue weighted by molar-refractivity contribution is 0.0152. The van der Waals surface area contributed by atoms with E-state index in [-0.39, 0.29) is 19.3 Å². The van der Waals surface area contributed by atoms with Crippen LogP contribution in [0.1, 0.15) is 6.92 Å². The lowest BCUT2D eigenvalue weighted by Gasteiger charge is -2.34. The molecule has 1 aliphatic rings. The Hall–Kier alpha value is -1.29. The molecule has 1 unspecified atom stereocenters. The minimum Gasteiger partial charge on any atom is -0.450 e. The van der Waals surface area contributed by atoms with Gasteiger partial charge in [-0.3, -0.25) is 4.90 Å². The molecule has 0 radical (unpaired) electrons. The first-order valence-electron chi connectivity index (χ1n) is 6.50. The van der Waals surface area contributed by atoms with Crippen LogP contribution in [0.2, 0.25) is 0 Å². The number of piperazine rings is 1. The van der Waals surface area contributed by atoms with Crippen LogP contribution in [-0.2, 0) is 9.47 Å². The van der Waals surface area contributed by atoms with Crippen molar-refractivity contribution in [2.24, 2.45) is 0 Å². The molecular weight excluding hydrogens is 248 g/mol. The molecule has 0 spiro atoms. The predicted molar refractivity (Wildman–Crippen MR) is 70.7 cm³/mol. The SMILES string of the molecule is C#CCOCC(O)CN1CCN(C(=O)OCC)CC1. The Bertz CT molecular complexity index is 308. The van der Waals surface area contributed by atoms with E-state index in [4.69, 9.17) is 15.9 Å². The summed E-state index contributed by atoms with van der Waals surface area (Å²) in [5, 5.41) is 9.75. The number of nitrogens with zero attached hydrogens (tertiary/aromatic N) is 2. The third-order valence-corrected chi connectivity index (χ3v) is 2.86. The van der Waals surface area contributed by atoms with Crippen molar-refractivity contribution in [2.45, 2.75) is 13.0 Å². The number of terminal acetylenes is 1. The minimum atomic E-state index is -0.553. The first-order chi connectivity index (χ1) is 9.17. The van der Waals surface area contributed by atoms with E-state index in [1.165, 1.54) is 0 Å². The van der Waals surface area contributed by atoms with Crippen LogP contribution in [0.4, 0.5) is 4.79 Å². The van der Waals surface area contributed by atoms with E-state index in [0.29, 0.717) is 26.2 Å². The maximum Gasteiger partial charge on any atom is 0.409 e. The largest absolute Gasteiger partial charge is 0.450 e.